The van der Waals surface area contributed by atoms with E-state index < -0.39 is 0 Å². The smallest absolute Gasteiger partial charge is 0.158 e. The van der Waals surface area contributed by atoms with Crippen molar-refractivity contribution in [3.8, 4) is 0 Å². The van der Waals surface area contributed by atoms with Gasteiger partial charge in [0.15, 0.2) is 23.0 Å². The molecular formula is CH3IO3. The fraction of sp³-hybridized carbons (Fsp3) is 1.00. The van der Waals surface area contributed by atoms with Gasteiger partial charge < -0.3 is 0 Å². The van der Waals surface area contributed by atoms with Crippen LogP contribution in [-0.2, 0) is 13.1 Å². The van der Waals surface area contributed by atoms with Crippen LogP contribution in [0.2, 0.25) is 0 Å². The van der Waals surface area contributed by atoms with Crippen LogP contribution < -0.4 is 0 Å². The van der Waals surface area contributed by atoms with Crippen molar-refractivity contribution in [1.82, 2.24) is 0 Å². The summed E-state index contributed by atoms with van der Waals surface area (Å²) >= 11 is 1.54. The van der Waals surface area contributed by atoms with E-state index in [-0.39, 0.29) is 0 Å². The Morgan fingerprint density at radius 1 is 1.60 bits per heavy atom. The second kappa shape index (κ2) is 4.61. The highest BCUT2D eigenvalue weighted by atomic mass is 127. The summed E-state index contributed by atoms with van der Waals surface area (Å²) in [5, 5.41) is 3.82. The Kier molecular flexibility index (Phi) is 5.17. The van der Waals surface area contributed by atoms with Crippen LogP contribution in [0, 0.1) is 0 Å². The summed E-state index contributed by atoms with van der Waals surface area (Å²) in [5.41, 5.74) is 0. The zero-order valence-corrected chi connectivity index (χ0v) is 4.76. The van der Waals surface area contributed by atoms with Crippen LogP contribution in [0.1, 0.15) is 0 Å². The van der Waals surface area contributed by atoms with Crippen LogP contribution in [0.4, 0.5) is 0 Å². The number of halogens is 1. The van der Waals surface area contributed by atoms with Crippen LogP contribution in [-0.4, -0.2) is 7.11 Å². The molecule has 0 aromatic heterocycles. The van der Waals surface area contributed by atoms with Gasteiger partial charge in [0, 0.05) is 0 Å². The highest BCUT2D eigenvalue weighted by molar-refractivity contribution is 14.1. The standard InChI is InChI=1S/CH3IO3/c1-3-5-4-2/h1H3. The van der Waals surface area contributed by atoms with Gasteiger partial charge in [0.25, 0.3) is 0 Å². The first-order valence-electron chi connectivity index (χ1n) is 0.896. The maximum atomic E-state index is 3.96. The van der Waals surface area contributed by atoms with E-state index in [1.54, 1.807) is 23.0 Å². The minimum Gasteiger partial charge on any atom is -0.209 e. The Bertz CT molecular complexity index is 14.4. The van der Waals surface area contributed by atoms with E-state index in [2.05, 4.69) is 13.1 Å². The van der Waals surface area contributed by atoms with Crippen molar-refractivity contribution in [1.29, 1.82) is 0 Å². The van der Waals surface area contributed by atoms with Crippen LogP contribution in [0.15, 0.2) is 0 Å². The Morgan fingerprint density at radius 2 is 2.20 bits per heavy atom. The molecule has 0 spiro atoms. The lowest BCUT2D eigenvalue weighted by Crippen LogP contribution is -1.77. The van der Waals surface area contributed by atoms with Crippen molar-refractivity contribution in [3.63, 3.8) is 0 Å². The third kappa shape index (κ3) is 4.61. The maximum Gasteiger partial charge on any atom is 0.158 e. The van der Waals surface area contributed by atoms with Gasteiger partial charge in [-0.3, -0.25) is 0 Å². The van der Waals surface area contributed by atoms with Gasteiger partial charge in [-0.05, 0) is 0 Å². The molecule has 0 amide bonds. The van der Waals surface area contributed by atoms with Crippen LogP contribution in [0.5, 0.6) is 0 Å². The van der Waals surface area contributed by atoms with Crippen molar-refractivity contribution >= 4 is 23.0 Å². The monoisotopic (exact) mass is 190 g/mol. The molecule has 0 bridgehead atoms. The van der Waals surface area contributed by atoms with Crippen molar-refractivity contribution in [3.05, 3.63) is 0 Å². The molecule has 0 saturated carbocycles. The Hall–Kier alpha value is 0.610. The molecule has 0 rings (SSSR count). The molecule has 0 saturated heterocycles. The molecule has 0 aliphatic rings. The summed E-state index contributed by atoms with van der Waals surface area (Å²) in [6.07, 6.45) is 0. The van der Waals surface area contributed by atoms with Crippen LogP contribution in [0.3, 0.4) is 0 Å². The molecule has 0 aliphatic heterocycles. The topological polar surface area (TPSA) is 27.7 Å². The average molecular weight is 190 g/mol. The van der Waals surface area contributed by atoms with Crippen molar-refractivity contribution < 1.29 is 13.1 Å². The minimum atomic E-state index is 1.36. The van der Waals surface area contributed by atoms with E-state index in [9.17, 15) is 0 Å². The lowest BCUT2D eigenvalue weighted by molar-refractivity contribution is -0.434. The zero-order valence-electron chi connectivity index (χ0n) is 2.60. The van der Waals surface area contributed by atoms with Crippen LogP contribution >= 0.6 is 23.0 Å². The first-order valence-corrected chi connectivity index (χ1v) is 1.78. The molecule has 0 aliphatic carbocycles. The lowest BCUT2D eigenvalue weighted by Gasteiger charge is -1.82. The number of hydrogen-bond acceptors (Lipinski definition) is 3. The first kappa shape index (κ1) is 5.61. The van der Waals surface area contributed by atoms with Gasteiger partial charge >= 0.3 is 0 Å². The normalized spacial score (nSPS) is 8.40. The molecule has 0 heterocycles. The van der Waals surface area contributed by atoms with Gasteiger partial charge in [-0.1, -0.05) is 5.04 Å². The van der Waals surface area contributed by atoms with E-state index >= 15 is 0 Å². The fourth-order valence-electron chi connectivity index (χ4n) is 0.0257. The fourth-order valence-corrected chi connectivity index (χ4v) is 0.173. The number of rotatable bonds is 2. The third-order valence-corrected chi connectivity index (χ3v) is 0.241. The highest BCUT2D eigenvalue weighted by Crippen LogP contribution is 1.83. The van der Waals surface area contributed by atoms with E-state index in [0.29, 0.717) is 0 Å². The Morgan fingerprint density at radius 3 is 2.20 bits per heavy atom. The third-order valence-electron chi connectivity index (χ3n) is 0.0938. The first-order chi connectivity index (χ1) is 2.41. The van der Waals surface area contributed by atoms with E-state index in [1.165, 1.54) is 7.11 Å². The molecule has 0 aromatic carbocycles. The van der Waals surface area contributed by atoms with Crippen LogP contribution in [0.25, 0.3) is 0 Å². The average Bonchev–Trinajstić information content (AvgIpc) is 1.41. The molecule has 0 radical (unpaired) electrons. The Balaban J connectivity index is 2.19. The van der Waals surface area contributed by atoms with Crippen molar-refractivity contribution in [2.45, 2.75) is 0 Å². The maximum absolute atomic E-state index is 3.96. The largest absolute Gasteiger partial charge is 0.209 e. The molecule has 0 fully saturated rings. The quantitative estimate of drug-likeness (QED) is 0.367. The van der Waals surface area contributed by atoms with Gasteiger partial charge in [0.05, 0.1) is 7.11 Å². The zero-order chi connectivity index (χ0) is 4.12. The molecule has 0 unspecified atom stereocenters. The summed E-state index contributed by atoms with van der Waals surface area (Å²) < 4.78 is 3.94. The van der Waals surface area contributed by atoms with E-state index in [4.69, 9.17) is 0 Å². The van der Waals surface area contributed by atoms with Gasteiger partial charge in [-0.15, -0.1) is 3.22 Å². The Labute approximate surface area is 43.8 Å². The second-order valence-corrected chi connectivity index (χ2v) is 0.657. The molecule has 0 aromatic rings. The van der Waals surface area contributed by atoms with Gasteiger partial charge in [-0.25, -0.2) is 4.89 Å². The van der Waals surface area contributed by atoms with E-state index in [0.717, 1.165) is 0 Å². The molecule has 3 nitrogen and oxygen atoms in total. The lowest BCUT2D eigenvalue weighted by atomic mass is 11.8. The van der Waals surface area contributed by atoms with Gasteiger partial charge in [0.1, 0.15) is 0 Å². The molecule has 5 heavy (non-hydrogen) atoms. The summed E-state index contributed by atoms with van der Waals surface area (Å²) in [4.78, 5) is 3.96. The summed E-state index contributed by atoms with van der Waals surface area (Å²) in [6.45, 7) is 0. The number of hydrogen-bond donors (Lipinski definition) is 0. The van der Waals surface area contributed by atoms with Crippen molar-refractivity contribution in [2.24, 2.45) is 0 Å². The van der Waals surface area contributed by atoms with Gasteiger partial charge in [0.2, 0.25) is 0 Å². The van der Waals surface area contributed by atoms with Crippen molar-refractivity contribution in [2.75, 3.05) is 7.11 Å². The SMILES string of the molecule is COOOI. The summed E-state index contributed by atoms with van der Waals surface area (Å²) in [6, 6.07) is 0. The van der Waals surface area contributed by atoms with Gasteiger partial charge in [-0.2, -0.15) is 0 Å². The summed E-state index contributed by atoms with van der Waals surface area (Å²) in [7, 11) is 1.36. The molecular weight excluding hydrogens is 187 g/mol. The minimum absolute atomic E-state index is 1.36. The predicted octanol–water partition coefficient (Wildman–Crippen LogP) is 0.846. The molecule has 0 atom stereocenters. The predicted molar refractivity (Wildman–Crippen MR) is 23.2 cm³/mol. The molecule has 0 N–H and O–H groups in total. The second-order valence-electron chi connectivity index (χ2n) is 0.298. The molecule has 32 valence electrons. The molecule has 4 heteroatoms. The summed E-state index contributed by atoms with van der Waals surface area (Å²) in [5.74, 6) is 0. The van der Waals surface area contributed by atoms with E-state index in [1.807, 2.05) is 0 Å². The highest BCUT2D eigenvalue weighted by Gasteiger charge is 1.65.